The van der Waals surface area contributed by atoms with Crippen molar-refractivity contribution in [3.05, 3.63) is 0 Å². The zero-order valence-corrected chi connectivity index (χ0v) is 12.5. The fourth-order valence-corrected chi connectivity index (χ4v) is 1.91. The first-order valence-corrected chi connectivity index (χ1v) is 6.68. The SMILES string of the molecule is CCOc1nc(NN)nc(NCC(C)(O)CC(C)C)n1. The summed E-state index contributed by atoms with van der Waals surface area (Å²) >= 11 is 0. The molecule has 0 amide bonds. The first kappa shape index (κ1) is 16.4. The van der Waals surface area contributed by atoms with E-state index in [-0.39, 0.29) is 12.0 Å². The Labute approximate surface area is 119 Å². The molecule has 1 aromatic heterocycles. The molecule has 20 heavy (non-hydrogen) atoms. The van der Waals surface area contributed by atoms with E-state index in [1.807, 2.05) is 6.92 Å². The highest BCUT2D eigenvalue weighted by molar-refractivity contribution is 5.35. The normalized spacial score (nSPS) is 13.9. The van der Waals surface area contributed by atoms with Crippen molar-refractivity contribution in [3.63, 3.8) is 0 Å². The minimum Gasteiger partial charge on any atom is -0.464 e. The van der Waals surface area contributed by atoms with Gasteiger partial charge in [-0.2, -0.15) is 15.0 Å². The van der Waals surface area contributed by atoms with E-state index in [9.17, 15) is 5.11 Å². The topological polar surface area (TPSA) is 118 Å². The number of hydrogen-bond acceptors (Lipinski definition) is 8. The van der Waals surface area contributed by atoms with Gasteiger partial charge in [0.2, 0.25) is 11.9 Å². The molecular weight excluding hydrogens is 260 g/mol. The van der Waals surface area contributed by atoms with Crippen LogP contribution < -0.4 is 21.3 Å². The van der Waals surface area contributed by atoms with E-state index in [0.717, 1.165) is 0 Å². The van der Waals surface area contributed by atoms with Gasteiger partial charge in [0.25, 0.3) is 0 Å². The first-order valence-electron chi connectivity index (χ1n) is 6.68. The highest BCUT2D eigenvalue weighted by atomic mass is 16.5. The molecule has 0 aliphatic carbocycles. The number of hydrazine groups is 1. The molecule has 1 aromatic rings. The molecule has 1 atom stereocenters. The monoisotopic (exact) mass is 284 g/mol. The van der Waals surface area contributed by atoms with Crippen molar-refractivity contribution in [1.82, 2.24) is 15.0 Å². The lowest BCUT2D eigenvalue weighted by atomic mass is 9.94. The molecule has 0 saturated carbocycles. The Morgan fingerprint density at radius 1 is 1.30 bits per heavy atom. The van der Waals surface area contributed by atoms with Crippen LogP contribution in [0.2, 0.25) is 0 Å². The second kappa shape index (κ2) is 7.20. The van der Waals surface area contributed by atoms with Gasteiger partial charge in [-0.25, -0.2) is 5.84 Å². The third-order valence-electron chi connectivity index (χ3n) is 2.49. The zero-order valence-electron chi connectivity index (χ0n) is 12.5. The van der Waals surface area contributed by atoms with Crippen LogP contribution in [0, 0.1) is 5.92 Å². The molecule has 0 aliphatic heterocycles. The average molecular weight is 284 g/mol. The fourth-order valence-electron chi connectivity index (χ4n) is 1.91. The lowest BCUT2D eigenvalue weighted by Crippen LogP contribution is -2.35. The number of nitrogens with zero attached hydrogens (tertiary/aromatic N) is 3. The van der Waals surface area contributed by atoms with Crippen LogP contribution in [0.4, 0.5) is 11.9 Å². The van der Waals surface area contributed by atoms with Gasteiger partial charge in [0.1, 0.15) is 0 Å². The van der Waals surface area contributed by atoms with Gasteiger partial charge in [-0.15, -0.1) is 0 Å². The van der Waals surface area contributed by atoms with Gasteiger partial charge in [-0.3, -0.25) is 5.43 Å². The maximum atomic E-state index is 10.2. The Morgan fingerprint density at radius 3 is 2.50 bits per heavy atom. The largest absolute Gasteiger partial charge is 0.464 e. The Balaban J connectivity index is 2.73. The molecular formula is C12H24N6O2. The van der Waals surface area contributed by atoms with Crippen LogP contribution in [0.15, 0.2) is 0 Å². The second-order valence-corrected chi connectivity index (χ2v) is 5.29. The molecule has 5 N–H and O–H groups in total. The van der Waals surface area contributed by atoms with Gasteiger partial charge in [-0.1, -0.05) is 13.8 Å². The predicted molar refractivity (Wildman–Crippen MR) is 77.4 cm³/mol. The fraction of sp³-hybridized carbons (Fsp3) is 0.750. The average Bonchev–Trinajstić information content (AvgIpc) is 2.35. The number of hydrogen-bond donors (Lipinski definition) is 4. The van der Waals surface area contributed by atoms with Gasteiger partial charge in [-0.05, 0) is 26.2 Å². The summed E-state index contributed by atoms with van der Waals surface area (Å²) < 4.78 is 5.23. The van der Waals surface area contributed by atoms with Crippen molar-refractivity contribution in [2.45, 2.75) is 39.7 Å². The Bertz CT molecular complexity index is 424. The van der Waals surface area contributed by atoms with Crippen molar-refractivity contribution in [2.75, 3.05) is 23.9 Å². The summed E-state index contributed by atoms with van der Waals surface area (Å²) in [5.74, 6) is 6.20. The van der Waals surface area contributed by atoms with Crippen LogP contribution >= 0.6 is 0 Å². The molecule has 1 rings (SSSR count). The van der Waals surface area contributed by atoms with Gasteiger partial charge in [0, 0.05) is 6.54 Å². The number of nitrogens with one attached hydrogen (secondary N) is 2. The summed E-state index contributed by atoms with van der Waals surface area (Å²) in [6, 6.07) is 0.182. The van der Waals surface area contributed by atoms with Crippen LogP contribution in [-0.2, 0) is 0 Å². The lowest BCUT2D eigenvalue weighted by molar-refractivity contribution is 0.0513. The molecule has 0 bridgehead atoms. The van der Waals surface area contributed by atoms with Crippen molar-refractivity contribution in [1.29, 1.82) is 0 Å². The number of aliphatic hydroxyl groups is 1. The van der Waals surface area contributed by atoms with Gasteiger partial charge < -0.3 is 15.2 Å². The summed E-state index contributed by atoms with van der Waals surface area (Å²) in [6.45, 7) is 8.48. The molecule has 1 unspecified atom stereocenters. The number of nitrogen functional groups attached to an aromatic ring is 1. The van der Waals surface area contributed by atoms with Crippen LogP contribution in [0.25, 0.3) is 0 Å². The highest BCUT2D eigenvalue weighted by Crippen LogP contribution is 2.17. The third kappa shape index (κ3) is 5.54. The van der Waals surface area contributed by atoms with Crippen molar-refractivity contribution < 1.29 is 9.84 Å². The van der Waals surface area contributed by atoms with Gasteiger partial charge in [0.15, 0.2) is 0 Å². The second-order valence-electron chi connectivity index (χ2n) is 5.29. The summed E-state index contributed by atoms with van der Waals surface area (Å²) in [7, 11) is 0. The summed E-state index contributed by atoms with van der Waals surface area (Å²) in [4.78, 5) is 12.1. The minimum absolute atomic E-state index is 0.182. The lowest BCUT2D eigenvalue weighted by Gasteiger charge is -2.25. The molecule has 0 aromatic carbocycles. The molecule has 0 radical (unpaired) electrons. The van der Waals surface area contributed by atoms with E-state index in [0.29, 0.717) is 31.4 Å². The van der Waals surface area contributed by atoms with Crippen molar-refractivity contribution in [2.24, 2.45) is 11.8 Å². The third-order valence-corrected chi connectivity index (χ3v) is 2.49. The smallest absolute Gasteiger partial charge is 0.323 e. The minimum atomic E-state index is -0.844. The van der Waals surface area contributed by atoms with E-state index >= 15 is 0 Å². The molecule has 8 heteroatoms. The van der Waals surface area contributed by atoms with E-state index in [4.69, 9.17) is 10.6 Å². The van der Waals surface area contributed by atoms with E-state index in [1.165, 1.54) is 0 Å². The molecule has 0 spiro atoms. The summed E-state index contributed by atoms with van der Waals surface area (Å²) in [5, 5.41) is 13.2. The maximum Gasteiger partial charge on any atom is 0.323 e. The Morgan fingerprint density at radius 2 is 1.95 bits per heavy atom. The Hall–Kier alpha value is -1.67. The molecule has 0 aliphatic rings. The first-order chi connectivity index (χ1) is 9.36. The van der Waals surface area contributed by atoms with E-state index in [1.54, 1.807) is 6.92 Å². The molecule has 0 fully saturated rings. The maximum absolute atomic E-state index is 10.2. The summed E-state index contributed by atoms with van der Waals surface area (Å²) in [6.07, 6.45) is 0.672. The van der Waals surface area contributed by atoms with E-state index < -0.39 is 5.60 Å². The number of ether oxygens (including phenoxy) is 1. The van der Waals surface area contributed by atoms with E-state index in [2.05, 4.69) is 39.5 Å². The van der Waals surface area contributed by atoms with Gasteiger partial charge >= 0.3 is 6.01 Å². The van der Waals surface area contributed by atoms with Crippen LogP contribution in [0.5, 0.6) is 6.01 Å². The molecule has 1 heterocycles. The van der Waals surface area contributed by atoms with Crippen LogP contribution in [0.3, 0.4) is 0 Å². The molecule has 114 valence electrons. The van der Waals surface area contributed by atoms with Crippen molar-refractivity contribution >= 4 is 11.9 Å². The zero-order chi connectivity index (χ0) is 15.2. The van der Waals surface area contributed by atoms with Crippen LogP contribution in [-0.4, -0.2) is 38.8 Å². The molecule has 0 saturated heterocycles. The highest BCUT2D eigenvalue weighted by Gasteiger charge is 2.22. The number of anilines is 2. The molecule has 8 nitrogen and oxygen atoms in total. The summed E-state index contributed by atoms with van der Waals surface area (Å²) in [5.41, 5.74) is 1.51. The predicted octanol–water partition coefficient (Wildman–Crippen LogP) is 0.765. The Kier molecular flexibility index (Phi) is 5.90. The van der Waals surface area contributed by atoms with Gasteiger partial charge in [0.05, 0.1) is 12.2 Å². The standard InChI is InChI=1S/C12H24N6O2/c1-5-20-11-16-9(15-10(17-11)18-13)14-7-12(4,19)6-8(2)3/h8,19H,5-7,13H2,1-4H3,(H2,14,15,16,17,18). The quantitative estimate of drug-likeness (QED) is 0.408. The van der Waals surface area contributed by atoms with Crippen LogP contribution in [0.1, 0.15) is 34.1 Å². The van der Waals surface area contributed by atoms with Crippen molar-refractivity contribution in [3.8, 4) is 6.01 Å². The number of rotatable bonds is 8. The number of aromatic nitrogens is 3. The number of nitrogens with two attached hydrogens (primary N) is 1.